The Morgan fingerprint density at radius 1 is 1.75 bits per heavy atom. The van der Waals surface area contributed by atoms with Crippen LogP contribution in [0.2, 0.25) is 0 Å². The molecule has 1 saturated heterocycles. The van der Waals surface area contributed by atoms with E-state index in [4.69, 9.17) is 5.84 Å². The molecule has 2 atom stereocenters. The van der Waals surface area contributed by atoms with E-state index in [-0.39, 0.29) is 6.10 Å². The summed E-state index contributed by atoms with van der Waals surface area (Å²) in [5.74, 6) is 5.64. The normalized spacial score (nSPS) is 26.9. The predicted molar refractivity (Wildman–Crippen MR) is 65.0 cm³/mol. The molecule has 1 aromatic heterocycles. The number of nitrogens with one attached hydrogen (secondary N) is 1. The molecule has 6 heteroatoms. The third-order valence-corrected chi connectivity index (χ3v) is 3.91. The van der Waals surface area contributed by atoms with E-state index in [0.29, 0.717) is 5.92 Å². The third kappa shape index (κ3) is 2.70. The summed E-state index contributed by atoms with van der Waals surface area (Å²) in [6.45, 7) is 4.89. The van der Waals surface area contributed by atoms with Crippen LogP contribution >= 0.6 is 11.3 Å². The molecule has 1 aliphatic rings. The van der Waals surface area contributed by atoms with E-state index in [1.54, 1.807) is 11.3 Å². The van der Waals surface area contributed by atoms with Crippen molar-refractivity contribution >= 4 is 16.5 Å². The van der Waals surface area contributed by atoms with Crippen LogP contribution in [0.1, 0.15) is 18.2 Å². The number of hydrogen-bond acceptors (Lipinski definition) is 6. The van der Waals surface area contributed by atoms with Gasteiger partial charge in [0.05, 0.1) is 6.10 Å². The van der Waals surface area contributed by atoms with Crippen molar-refractivity contribution in [2.24, 2.45) is 11.8 Å². The van der Waals surface area contributed by atoms with Crippen molar-refractivity contribution < 1.29 is 5.11 Å². The van der Waals surface area contributed by atoms with Crippen molar-refractivity contribution in [3.05, 3.63) is 11.1 Å². The molecule has 90 valence electrons. The average molecular weight is 242 g/mol. The SMILES string of the molecule is CC1CN(Cc2cnc(NN)s2)CCC1O. The van der Waals surface area contributed by atoms with Gasteiger partial charge in [-0.3, -0.25) is 10.3 Å². The maximum absolute atomic E-state index is 9.64. The van der Waals surface area contributed by atoms with Crippen molar-refractivity contribution in [2.75, 3.05) is 18.5 Å². The second kappa shape index (κ2) is 5.09. The van der Waals surface area contributed by atoms with Gasteiger partial charge < -0.3 is 5.11 Å². The molecular formula is C10H18N4OS. The highest BCUT2D eigenvalue weighted by Gasteiger charge is 2.24. The number of aliphatic hydroxyl groups is 1. The second-order valence-corrected chi connectivity index (χ2v) is 5.46. The highest BCUT2D eigenvalue weighted by atomic mass is 32.1. The maximum atomic E-state index is 9.64. The molecule has 4 N–H and O–H groups in total. The minimum atomic E-state index is -0.140. The van der Waals surface area contributed by atoms with E-state index in [1.165, 1.54) is 4.88 Å². The maximum Gasteiger partial charge on any atom is 0.197 e. The van der Waals surface area contributed by atoms with Crippen molar-refractivity contribution in [3.8, 4) is 0 Å². The quantitative estimate of drug-likeness (QED) is 0.535. The Balaban J connectivity index is 1.90. The molecule has 1 aliphatic heterocycles. The second-order valence-electron chi connectivity index (χ2n) is 4.34. The minimum Gasteiger partial charge on any atom is -0.393 e. The summed E-state index contributed by atoms with van der Waals surface area (Å²) in [4.78, 5) is 7.70. The van der Waals surface area contributed by atoms with Gasteiger partial charge in [-0.1, -0.05) is 18.3 Å². The summed E-state index contributed by atoms with van der Waals surface area (Å²) < 4.78 is 0. The zero-order valence-corrected chi connectivity index (χ0v) is 10.2. The lowest BCUT2D eigenvalue weighted by Gasteiger charge is -2.33. The van der Waals surface area contributed by atoms with E-state index >= 15 is 0 Å². The fourth-order valence-corrected chi connectivity index (χ4v) is 2.80. The van der Waals surface area contributed by atoms with Crippen LogP contribution in [-0.2, 0) is 6.54 Å². The number of likely N-dealkylation sites (tertiary alicyclic amines) is 1. The Hall–Kier alpha value is -0.690. The molecule has 0 bridgehead atoms. The van der Waals surface area contributed by atoms with Crippen LogP contribution in [0.5, 0.6) is 0 Å². The van der Waals surface area contributed by atoms with Crippen LogP contribution in [-0.4, -0.2) is 34.2 Å². The predicted octanol–water partition coefficient (Wildman–Crippen LogP) is 0.631. The van der Waals surface area contributed by atoms with Crippen LogP contribution in [0.4, 0.5) is 5.13 Å². The van der Waals surface area contributed by atoms with Gasteiger partial charge in [0, 0.05) is 30.7 Å². The molecule has 1 aromatic rings. The lowest BCUT2D eigenvalue weighted by molar-refractivity contribution is 0.0324. The summed E-state index contributed by atoms with van der Waals surface area (Å²) in [5.41, 5.74) is 2.55. The third-order valence-electron chi connectivity index (χ3n) is 3.00. The van der Waals surface area contributed by atoms with Crippen LogP contribution in [0, 0.1) is 5.92 Å². The van der Waals surface area contributed by atoms with Crippen LogP contribution in [0.3, 0.4) is 0 Å². The molecule has 0 spiro atoms. The standard InChI is InChI=1S/C10H18N4OS/c1-7-5-14(3-2-9(7)15)6-8-4-12-10(13-11)16-8/h4,7,9,15H,2-3,5-6,11H2,1H3,(H,12,13). The zero-order valence-electron chi connectivity index (χ0n) is 9.39. The van der Waals surface area contributed by atoms with Gasteiger partial charge in [0.15, 0.2) is 5.13 Å². The summed E-state index contributed by atoms with van der Waals surface area (Å²) in [7, 11) is 0. The first-order chi connectivity index (χ1) is 7.69. The van der Waals surface area contributed by atoms with Gasteiger partial charge in [-0.15, -0.1) is 0 Å². The first-order valence-electron chi connectivity index (χ1n) is 5.51. The first kappa shape index (κ1) is 11.8. The number of aliphatic hydroxyl groups excluding tert-OH is 1. The Morgan fingerprint density at radius 2 is 2.56 bits per heavy atom. The zero-order chi connectivity index (χ0) is 11.5. The highest BCUT2D eigenvalue weighted by Crippen LogP contribution is 2.22. The number of nitrogen functional groups attached to an aromatic ring is 1. The van der Waals surface area contributed by atoms with E-state index in [0.717, 1.165) is 31.2 Å². The summed E-state index contributed by atoms with van der Waals surface area (Å²) >= 11 is 1.58. The number of aromatic nitrogens is 1. The highest BCUT2D eigenvalue weighted by molar-refractivity contribution is 7.15. The fraction of sp³-hybridized carbons (Fsp3) is 0.700. The molecule has 0 saturated carbocycles. The molecule has 0 radical (unpaired) electrons. The van der Waals surface area contributed by atoms with E-state index < -0.39 is 0 Å². The van der Waals surface area contributed by atoms with Crippen LogP contribution in [0.25, 0.3) is 0 Å². The van der Waals surface area contributed by atoms with Crippen molar-refractivity contribution in [1.29, 1.82) is 0 Å². The van der Waals surface area contributed by atoms with E-state index in [2.05, 4.69) is 22.2 Å². The average Bonchev–Trinajstić information content (AvgIpc) is 2.71. The molecule has 5 nitrogen and oxygen atoms in total. The van der Waals surface area contributed by atoms with E-state index in [9.17, 15) is 5.11 Å². The number of hydrazine groups is 1. The lowest BCUT2D eigenvalue weighted by atomic mass is 9.97. The number of hydrogen-bond donors (Lipinski definition) is 3. The molecule has 16 heavy (non-hydrogen) atoms. The Bertz CT molecular complexity index is 343. The number of nitrogens with two attached hydrogens (primary N) is 1. The van der Waals surface area contributed by atoms with Gasteiger partial charge >= 0.3 is 0 Å². The molecule has 2 rings (SSSR count). The Kier molecular flexibility index (Phi) is 3.75. The first-order valence-corrected chi connectivity index (χ1v) is 6.32. The number of piperidine rings is 1. The largest absolute Gasteiger partial charge is 0.393 e. The molecular weight excluding hydrogens is 224 g/mol. The molecule has 0 aliphatic carbocycles. The molecule has 0 aromatic carbocycles. The number of anilines is 1. The number of thiazole rings is 1. The van der Waals surface area contributed by atoms with Gasteiger partial charge in [-0.05, 0) is 12.3 Å². The summed E-state index contributed by atoms with van der Waals surface area (Å²) in [6.07, 6.45) is 2.58. The van der Waals surface area contributed by atoms with Crippen molar-refractivity contribution in [3.63, 3.8) is 0 Å². The van der Waals surface area contributed by atoms with Crippen molar-refractivity contribution in [2.45, 2.75) is 26.0 Å². The Morgan fingerprint density at radius 3 is 3.19 bits per heavy atom. The van der Waals surface area contributed by atoms with E-state index in [1.807, 2.05) is 6.20 Å². The van der Waals surface area contributed by atoms with Crippen LogP contribution in [0.15, 0.2) is 6.20 Å². The lowest BCUT2D eigenvalue weighted by Crippen LogP contribution is -2.41. The fourth-order valence-electron chi connectivity index (χ4n) is 2.03. The topological polar surface area (TPSA) is 74.4 Å². The number of rotatable bonds is 3. The summed E-state index contributed by atoms with van der Waals surface area (Å²) in [5, 5.41) is 10.4. The van der Waals surface area contributed by atoms with Gasteiger partial charge in [0.1, 0.15) is 0 Å². The minimum absolute atomic E-state index is 0.140. The monoisotopic (exact) mass is 242 g/mol. The Labute approximate surface area is 99.3 Å². The number of nitrogens with zero attached hydrogens (tertiary/aromatic N) is 2. The molecule has 0 amide bonds. The van der Waals surface area contributed by atoms with Gasteiger partial charge in [-0.2, -0.15) is 0 Å². The van der Waals surface area contributed by atoms with Gasteiger partial charge in [-0.25, -0.2) is 10.8 Å². The molecule has 1 fully saturated rings. The van der Waals surface area contributed by atoms with Gasteiger partial charge in [0.25, 0.3) is 0 Å². The summed E-state index contributed by atoms with van der Waals surface area (Å²) in [6, 6.07) is 0. The smallest absolute Gasteiger partial charge is 0.197 e. The molecule has 2 heterocycles. The van der Waals surface area contributed by atoms with Crippen LogP contribution < -0.4 is 11.3 Å². The van der Waals surface area contributed by atoms with Crippen molar-refractivity contribution in [1.82, 2.24) is 9.88 Å². The van der Waals surface area contributed by atoms with Gasteiger partial charge in [0.2, 0.25) is 0 Å². The molecule has 2 unspecified atom stereocenters.